The van der Waals surface area contributed by atoms with E-state index in [2.05, 4.69) is 9.97 Å². The molecule has 11 heteroatoms. The first-order valence-corrected chi connectivity index (χ1v) is 8.65. The van der Waals surface area contributed by atoms with Crippen LogP contribution >= 0.6 is 18.7 Å². The van der Waals surface area contributed by atoms with Crippen LogP contribution in [0.3, 0.4) is 0 Å². The molecule has 4 N–H and O–H groups in total. The van der Waals surface area contributed by atoms with Crippen molar-refractivity contribution in [3.05, 3.63) is 20.0 Å². The van der Waals surface area contributed by atoms with E-state index in [9.17, 15) is 14.2 Å². The molecule has 0 saturated carbocycles. The van der Waals surface area contributed by atoms with Crippen molar-refractivity contribution in [2.75, 3.05) is 25.4 Å². The number of ether oxygens (including phenoxy) is 1. The Bertz CT molecular complexity index is 788. The Morgan fingerprint density at radius 2 is 2.25 bits per heavy atom. The molecule has 0 aliphatic rings. The smallest absolute Gasteiger partial charge is 0.309 e. The number of hydrogen-bond acceptors (Lipinski definition) is 7. The van der Waals surface area contributed by atoms with E-state index in [1.54, 1.807) is 0 Å². The Kier molecular flexibility index (Phi) is 4.09. The predicted octanol–water partition coefficient (Wildman–Crippen LogP) is -0.397. The third-order valence-electron chi connectivity index (χ3n) is 2.33. The number of nitrogens with one attached hydrogen (secondary N) is 1. The zero-order valence-electron chi connectivity index (χ0n) is 10.5. The minimum atomic E-state index is -3.25. The summed E-state index contributed by atoms with van der Waals surface area (Å²) in [6.07, 6.45) is -0.292. The number of rotatable bonds is 5. The van der Waals surface area contributed by atoms with Crippen LogP contribution < -0.4 is 16.2 Å². The molecule has 0 spiro atoms. The predicted molar refractivity (Wildman–Crippen MR) is 75.5 cm³/mol. The molecule has 2 aromatic heterocycles. The normalized spacial score (nSPS) is 14.5. The summed E-state index contributed by atoms with van der Waals surface area (Å²) in [5.74, 6) is -0.0802. The molecule has 0 aliphatic carbocycles. The fourth-order valence-corrected chi connectivity index (χ4v) is 2.88. The SMILES string of the molecule is CP(=O)(O)COCCn1c(=O)sc2c(=O)[nH]c(N)nc21. The molecule has 2 heterocycles. The van der Waals surface area contributed by atoms with Crippen molar-refractivity contribution in [2.24, 2.45) is 0 Å². The number of anilines is 1. The Morgan fingerprint density at radius 3 is 2.90 bits per heavy atom. The van der Waals surface area contributed by atoms with Gasteiger partial charge < -0.3 is 15.4 Å². The number of nitrogens with zero attached hydrogens (tertiary/aromatic N) is 2. The van der Waals surface area contributed by atoms with Gasteiger partial charge in [0.05, 0.1) is 13.2 Å². The second-order valence-electron chi connectivity index (χ2n) is 4.21. The Balaban J connectivity index is 2.22. The van der Waals surface area contributed by atoms with Gasteiger partial charge in [-0.1, -0.05) is 11.3 Å². The number of nitrogens with two attached hydrogens (primary N) is 1. The largest absolute Gasteiger partial charge is 0.370 e. The van der Waals surface area contributed by atoms with Gasteiger partial charge in [-0.25, -0.2) is 0 Å². The lowest BCUT2D eigenvalue weighted by atomic mass is 10.5. The van der Waals surface area contributed by atoms with Gasteiger partial charge in [-0.2, -0.15) is 4.98 Å². The summed E-state index contributed by atoms with van der Waals surface area (Å²) in [5, 5.41) is 0. The van der Waals surface area contributed by atoms with E-state index in [0.717, 1.165) is 11.3 Å². The molecule has 0 bridgehead atoms. The zero-order chi connectivity index (χ0) is 14.9. The second-order valence-corrected chi connectivity index (χ2v) is 7.53. The molecule has 1 atom stereocenters. The summed E-state index contributed by atoms with van der Waals surface area (Å²) in [6.45, 7) is 1.36. The summed E-state index contributed by atoms with van der Waals surface area (Å²) in [4.78, 5) is 38.3. The molecule has 0 saturated heterocycles. The lowest BCUT2D eigenvalue weighted by Crippen LogP contribution is -2.18. The van der Waals surface area contributed by atoms with Gasteiger partial charge in [0.25, 0.3) is 5.56 Å². The van der Waals surface area contributed by atoms with Crippen LogP contribution in [-0.4, -0.2) is 39.0 Å². The number of nitrogen functional groups attached to an aromatic ring is 1. The number of aromatic nitrogens is 3. The molecule has 2 rings (SSSR count). The quantitative estimate of drug-likeness (QED) is 0.503. The van der Waals surface area contributed by atoms with Crippen LogP contribution in [0.25, 0.3) is 10.3 Å². The third kappa shape index (κ3) is 3.34. The summed E-state index contributed by atoms with van der Waals surface area (Å²) in [6, 6.07) is 0. The highest BCUT2D eigenvalue weighted by Gasteiger charge is 2.14. The maximum absolute atomic E-state index is 11.8. The van der Waals surface area contributed by atoms with E-state index < -0.39 is 12.9 Å². The minimum absolute atomic E-state index is 0.0541. The van der Waals surface area contributed by atoms with E-state index >= 15 is 0 Å². The molecule has 1 unspecified atom stereocenters. The number of aromatic amines is 1. The number of H-pyrrole nitrogens is 1. The third-order valence-corrected chi connectivity index (χ3v) is 3.96. The van der Waals surface area contributed by atoms with Crippen molar-refractivity contribution in [3.8, 4) is 0 Å². The molecule has 0 radical (unpaired) electrons. The standard InChI is InChI=1S/C9H13N4O5PS/c1-19(16,17)4-18-3-2-13-6-5(20-9(13)15)7(14)12-8(10)11-6/h2-4H2,1H3,(H,16,17)(H3,10,11,12,14). The molecule has 0 aliphatic heterocycles. The van der Waals surface area contributed by atoms with Crippen molar-refractivity contribution in [1.29, 1.82) is 0 Å². The van der Waals surface area contributed by atoms with Gasteiger partial charge in [0, 0.05) is 6.66 Å². The van der Waals surface area contributed by atoms with E-state index in [-0.39, 0.29) is 40.7 Å². The molecule has 2 aromatic rings. The van der Waals surface area contributed by atoms with Crippen LogP contribution in [0, 0.1) is 0 Å². The topological polar surface area (TPSA) is 140 Å². The Labute approximate surface area is 116 Å². The average Bonchev–Trinajstić information content (AvgIpc) is 2.61. The molecule has 0 aromatic carbocycles. The number of hydrogen-bond donors (Lipinski definition) is 3. The zero-order valence-corrected chi connectivity index (χ0v) is 12.2. The van der Waals surface area contributed by atoms with Crippen molar-refractivity contribution in [2.45, 2.75) is 6.54 Å². The lowest BCUT2D eigenvalue weighted by molar-refractivity contribution is 0.160. The monoisotopic (exact) mass is 320 g/mol. The summed E-state index contributed by atoms with van der Waals surface area (Å²) in [7, 11) is -3.25. The lowest BCUT2D eigenvalue weighted by Gasteiger charge is -2.07. The van der Waals surface area contributed by atoms with Gasteiger partial charge >= 0.3 is 4.87 Å². The molecule has 0 amide bonds. The van der Waals surface area contributed by atoms with Crippen LogP contribution in [-0.2, 0) is 15.8 Å². The minimum Gasteiger partial charge on any atom is -0.370 e. The van der Waals surface area contributed by atoms with Gasteiger partial charge in [0.2, 0.25) is 13.3 Å². The van der Waals surface area contributed by atoms with Crippen LogP contribution in [0.5, 0.6) is 0 Å². The number of thiazole rings is 1. The van der Waals surface area contributed by atoms with Crippen molar-refractivity contribution in [3.63, 3.8) is 0 Å². The molecule has 9 nitrogen and oxygen atoms in total. The summed E-state index contributed by atoms with van der Waals surface area (Å²) >= 11 is 0.764. The Hall–Kier alpha value is -1.48. The van der Waals surface area contributed by atoms with Gasteiger partial charge in [0.1, 0.15) is 11.0 Å². The highest BCUT2D eigenvalue weighted by atomic mass is 32.1. The van der Waals surface area contributed by atoms with Gasteiger partial charge in [-0.15, -0.1) is 0 Å². The number of fused-ring (bicyclic) bond motifs is 1. The van der Waals surface area contributed by atoms with Crippen LogP contribution in [0.15, 0.2) is 9.59 Å². The fourth-order valence-electron chi connectivity index (χ4n) is 1.56. The second kappa shape index (κ2) is 5.49. The molecular formula is C9H13N4O5PS. The van der Waals surface area contributed by atoms with Crippen LogP contribution in [0.1, 0.15) is 0 Å². The first-order chi connectivity index (χ1) is 9.28. The van der Waals surface area contributed by atoms with E-state index in [0.29, 0.717) is 0 Å². The Morgan fingerprint density at radius 1 is 1.55 bits per heavy atom. The summed E-state index contributed by atoms with van der Waals surface area (Å²) in [5.41, 5.74) is 5.15. The molecular weight excluding hydrogens is 307 g/mol. The van der Waals surface area contributed by atoms with Crippen molar-refractivity contribution < 1.29 is 14.2 Å². The van der Waals surface area contributed by atoms with Gasteiger partial charge in [-0.05, 0) is 0 Å². The molecule has 0 fully saturated rings. The van der Waals surface area contributed by atoms with E-state index in [4.69, 9.17) is 15.4 Å². The first kappa shape index (κ1) is 14.9. The van der Waals surface area contributed by atoms with Crippen LogP contribution in [0.2, 0.25) is 0 Å². The van der Waals surface area contributed by atoms with Gasteiger partial charge in [0.15, 0.2) is 5.65 Å². The molecule has 20 heavy (non-hydrogen) atoms. The fraction of sp³-hybridized carbons (Fsp3) is 0.444. The van der Waals surface area contributed by atoms with Gasteiger partial charge in [-0.3, -0.25) is 23.7 Å². The van der Waals surface area contributed by atoms with E-state index in [1.165, 1.54) is 11.2 Å². The summed E-state index contributed by atoms with van der Waals surface area (Å²) < 4.78 is 17.5. The van der Waals surface area contributed by atoms with Crippen molar-refractivity contribution >= 4 is 35.0 Å². The molecule has 110 valence electrons. The van der Waals surface area contributed by atoms with Crippen LogP contribution in [0.4, 0.5) is 5.95 Å². The maximum Gasteiger partial charge on any atom is 0.309 e. The highest BCUT2D eigenvalue weighted by molar-refractivity contribution is 7.56. The average molecular weight is 320 g/mol. The van der Waals surface area contributed by atoms with E-state index in [1.807, 2.05) is 0 Å². The highest BCUT2D eigenvalue weighted by Crippen LogP contribution is 2.34. The first-order valence-electron chi connectivity index (χ1n) is 5.54. The van der Waals surface area contributed by atoms with Crippen molar-refractivity contribution in [1.82, 2.24) is 14.5 Å². The maximum atomic E-state index is 11.8.